The number of benzene rings is 4. The van der Waals surface area contributed by atoms with Crippen LogP contribution in [-0.4, -0.2) is 192 Å². The lowest BCUT2D eigenvalue weighted by molar-refractivity contribution is 0.202. The Bertz CT molecular complexity index is 6600. The maximum atomic E-state index is 12.7. The fraction of sp³-hybridized carbons (Fsp3) is 0.309. The second kappa shape index (κ2) is 52.4. The molecule has 0 bridgehead atoms. The summed E-state index contributed by atoms with van der Waals surface area (Å²) in [5.41, 5.74) is 6.07. The van der Waals surface area contributed by atoms with Crippen molar-refractivity contribution < 1.29 is 88.0 Å². The molecule has 0 saturated heterocycles. The highest BCUT2D eigenvalue weighted by Gasteiger charge is 2.26. The van der Waals surface area contributed by atoms with E-state index in [1.807, 2.05) is 37.1 Å². The summed E-state index contributed by atoms with van der Waals surface area (Å²) in [6, 6.07) is 27.6. The third-order valence-corrected chi connectivity index (χ3v) is 21.1. The first-order valence-corrected chi connectivity index (χ1v) is 46.8. The molecule has 0 spiro atoms. The van der Waals surface area contributed by atoms with E-state index in [-0.39, 0.29) is 146 Å². The maximum absolute atomic E-state index is 12.7. The zero-order valence-corrected chi connectivity index (χ0v) is 78.7. The molecule has 12 aromatic rings. The van der Waals surface area contributed by atoms with Crippen molar-refractivity contribution in [1.29, 1.82) is 0 Å². The Balaban J connectivity index is 0.000000230. The molecule has 8 N–H and O–H groups in total. The molecular weight excluding hydrogens is 2010 g/mol. The fourth-order valence-corrected chi connectivity index (χ4v) is 14.0. The Morgan fingerprint density at radius 1 is 0.295 bits per heavy atom. The van der Waals surface area contributed by atoms with Gasteiger partial charge in [-0.3, -0.25) is 18.9 Å². The molecule has 688 valence electrons. The minimum absolute atomic E-state index is 0. The van der Waals surface area contributed by atoms with Gasteiger partial charge in [-0.2, -0.15) is 52.6 Å². The number of anilines is 4. The van der Waals surface area contributed by atoms with Gasteiger partial charge in [0, 0.05) is 104 Å². The molecule has 0 radical (unpaired) electrons. The van der Waals surface area contributed by atoms with Gasteiger partial charge in [0.25, 0.3) is 40.8 Å². The standard InChI is InChI=1S/4C20H23BrN6O4S.CH4/c4*1-3-8-26-32(28,29)27-18-17(15-4-6-16(21)7-5-15)19(25-13-24-18)30-9-10-31-20-22-11-14(2)12-23-20;/h4*4-7,11-13,26H,3,8-10H2,1-2H3,(H,24,25,27);1H4/i8D2,9D2;3D2,8D2;9D2;8D2;. The van der Waals surface area contributed by atoms with E-state index in [4.69, 9.17) is 54.3 Å². The van der Waals surface area contributed by atoms with Crippen LogP contribution in [0, 0.1) is 27.7 Å². The topological polar surface area (TPSA) is 513 Å². The van der Waals surface area contributed by atoms with Crippen LogP contribution in [0.2, 0.25) is 0 Å². The first-order valence-electron chi connectivity index (χ1n) is 43.7. The molecule has 48 heteroatoms. The third kappa shape index (κ3) is 35.2. The van der Waals surface area contributed by atoms with Crippen molar-refractivity contribution >= 4 is 128 Å². The van der Waals surface area contributed by atoms with Crippen molar-refractivity contribution in [3.8, 4) is 92.1 Å². The molecule has 129 heavy (non-hydrogen) atoms. The van der Waals surface area contributed by atoms with Gasteiger partial charge in [-0.15, -0.1) is 0 Å². The lowest BCUT2D eigenvalue weighted by Gasteiger charge is -2.15. The molecule has 0 aliphatic carbocycles. The van der Waals surface area contributed by atoms with E-state index in [1.165, 1.54) is 26.2 Å². The number of hydrogen-bond donors (Lipinski definition) is 8. The predicted molar refractivity (Wildman–Crippen MR) is 502 cm³/mol. The molecule has 40 nitrogen and oxygen atoms in total. The summed E-state index contributed by atoms with van der Waals surface area (Å²) >= 11 is 13.4. The Labute approximate surface area is 799 Å². The van der Waals surface area contributed by atoms with Gasteiger partial charge >= 0.3 is 24.0 Å². The van der Waals surface area contributed by atoms with Gasteiger partial charge in [0.1, 0.15) is 78.1 Å². The molecule has 0 atom stereocenters. The van der Waals surface area contributed by atoms with Crippen LogP contribution in [0.3, 0.4) is 0 Å². The van der Waals surface area contributed by atoms with E-state index < -0.39 is 93.0 Å². The number of ether oxygens (including phenoxy) is 8. The SMILES string of the molecule is C.[2H]C([2H])(C)C([2H])([2H])NS(=O)(=O)Nc1ncnc(OCCOc2ncc(C)cn2)c1-c1ccc(Br)cc1.[2H]C([2H])(CC)NS(=O)(=O)Nc1ncnc(OC([2H])([2H])COc2ncc(C)cn2)c1-c1ccc(Br)cc1.[2H]C([2H])(CC)NS(=O)(=O)Nc1ncnc(OCCOc2ncc(C)cn2)c1-c1ccc(Br)cc1.[2H]C([2H])(COc1ncc(C)cn1)Oc1ncnc(NS(=O)(=O)NCCC)c1-c1ccc(Br)cc1. The zero-order chi connectivity index (χ0) is 103. The Hall–Kier alpha value is -11.3. The van der Waals surface area contributed by atoms with E-state index in [9.17, 15) is 33.7 Å². The maximum Gasteiger partial charge on any atom is 0.316 e. The third-order valence-electron chi connectivity index (χ3n) is 15.3. The van der Waals surface area contributed by atoms with Gasteiger partial charge in [-0.05, 0) is 146 Å². The van der Waals surface area contributed by atoms with Crippen LogP contribution in [0.4, 0.5) is 23.3 Å². The van der Waals surface area contributed by atoms with Crippen molar-refractivity contribution in [3.63, 3.8) is 0 Å². The van der Waals surface area contributed by atoms with Crippen LogP contribution in [0.5, 0.6) is 47.6 Å². The van der Waals surface area contributed by atoms with Crippen molar-refractivity contribution in [3.05, 3.63) is 212 Å². The molecule has 8 heterocycles. The van der Waals surface area contributed by atoms with Crippen molar-refractivity contribution in [2.24, 2.45) is 0 Å². The zero-order valence-electron chi connectivity index (χ0n) is 81.1. The van der Waals surface area contributed by atoms with E-state index in [1.54, 1.807) is 146 Å². The average Bonchev–Trinajstić information content (AvgIpc) is 0.773. The summed E-state index contributed by atoms with van der Waals surface area (Å²) in [6.07, 6.45) is 14.8. The number of nitrogens with one attached hydrogen (secondary N) is 8. The highest BCUT2D eigenvalue weighted by molar-refractivity contribution is 9.11. The van der Waals surface area contributed by atoms with Crippen LogP contribution < -0.4 is 75.7 Å². The van der Waals surface area contributed by atoms with E-state index in [0.717, 1.165) is 72.4 Å². The number of halogens is 4. The molecule has 0 fully saturated rings. The molecule has 12 rings (SSSR count). The van der Waals surface area contributed by atoms with Gasteiger partial charge in [0.2, 0.25) is 23.5 Å². The highest BCUT2D eigenvalue weighted by Crippen LogP contribution is 2.39. The molecule has 8 aromatic heterocycles. The van der Waals surface area contributed by atoms with E-state index >= 15 is 0 Å². The lowest BCUT2D eigenvalue weighted by atomic mass is 10.1. The second-order valence-electron chi connectivity index (χ2n) is 25.3. The molecule has 0 aliphatic heterocycles. The number of hydrogen-bond acceptors (Lipinski definition) is 32. The Morgan fingerprint density at radius 2 is 0.527 bits per heavy atom. The Morgan fingerprint density at radius 3 is 0.775 bits per heavy atom. The first kappa shape index (κ1) is 85.8. The average molecular weight is 2120 g/mol. The van der Waals surface area contributed by atoms with Crippen LogP contribution in [0.15, 0.2) is 190 Å². The minimum atomic E-state index is -4.61. The summed E-state index contributed by atoms with van der Waals surface area (Å²) in [5.74, 6) is -0.908. The monoisotopic (exact) mass is 2120 g/mol. The van der Waals surface area contributed by atoms with Crippen molar-refractivity contribution in [2.75, 3.05) is 97.7 Å². The fourth-order valence-electron chi connectivity index (χ4n) is 9.73. The quantitative estimate of drug-likeness (QED) is 0.0164. The summed E-state index contributed by atoms with van der Waals surface area (Å²) < 4.78 is 259. The smallest absolute Gasteiger partial charge is 0.316 e. The number of nitrogens with zero attached hydrogens (tertiary/aromatic N) is 16. The summed E-state index contributed by atoms with van der Waals surface area (Å²) in [4.78, 5) is 64.5. The van der Waals surface area contributed by atoms with Gasteiger partial charge in [-0.1, -0.05) is 147 Å². The molecular formula is C81H96Br4N24O16S4. The summed E-state index contributed by atoms with van der Waals surface area (Å²) in [6.45, 7) is 0.414. The summed E-state index contributed by atoms with van der Waals surface area (Å²) in [7, 11) is -17.3. The van der Waals surface area contributed by atoms with Crippen molar-refractivity contribution in [2.45, 2.75) is 88.5 Å². The van der Waals surface area contributed by atoms with Crippen LogP contribution in [-0.2, 0) is 40.8 Å². The Kier molecular flexibility index (Phi) is 34.8. The normalized spacial score (nSPS) is 13.2. The first-order chi connectivity index (χ1) is 65.7. The molecule has 0 unspecified atom stereocenters. The molecule has 0 aliphatic rings. The minimum Gasteiger partial charge on any atom is -0.473 e. The molecule has 4 aromatic carbocycles. The molecule has 0 saturated carbocycles. The van der Waals surface area contributed by atoms with Crippen LogP contribution >= 0.6 is 63.7 Å². The van der Waals surface area contributed by atoms with Gasteiger partial charge in [0.05, 0.1) is 27.7 Å². The second-order valence-corrected chi connectivity index (χ2v) is 34.7. The van der Waals surface area contributed by atoms with E-state index in [0.29, 0.717) is 28.7 Å². The number of rotatable bonds is 44. The number of aryl methyl sites for hydroxylation is 4. The summed E-state index contributed by atoms with van der Waals surface area (Å²) in [5, 5.41) is 0. The van der Waals surface area contributed by atoms with Gasteiger partial charge < -0.3 is 37.9 Å². The lowest BCUT2D eigenvalue weighted by Crippen LogP contribution is -2.31. The largest absolute Gasteiger partial charge is 0.473 e. The molecule has 0 amide bonds. The van der Waals surface area contributed by atoms with E-state index in [2.05, 4.69) is 167 Å². The van der Waals surface area contributed by atoms with Crippen molar-refractivity contribution in [1.82, 2.24) is 98.6 Å². The van der Waals surface area contributed by atoms with Gasteiger partial charge in [-0.25, -0.2) is 79.7 Å². The van der Waals surface area contributed by atoms with Crippen LogP contribution in [0.25, 0.3) is 44.5 Å². The number of aromatic nitrogens is 16. The van der Waals surface area contributed by atoms with Gasteiger partial charge in [0.15, 0.2) is 23.3 Å². The van der Waals surface area contributed by atoms with Crippen LogP contribution in [0.1, 0.15) is 99.5 Å². The highest BCUT2D eigenvalue weighted by atomic mass is 79.9. The predicted octanol–water partition coefficient (Wildman–Crippen LogP) is 13.1.